The number of H-pyrrole nitrogens is 1. The van der Waals surface area contributed by atoms with Gasteiger partial charge < -0.3 is 49.5 Å². The number of hydrogen-bond donors (Lipinski definition) is 6. The van der Waals surface area contributed by atoms with Crippen LogP contribution in [0.4, 0.5) is 0 Å². The van der Waals surface area contributed by atoms with Gasteiger partial charge in [0.15, 0.2) is 11.9 Å². The highest BCUT2D eigenvalue weighted by Crippen LogP contribution is 2.57. The lowest BCUT2D eigenvalue weighted by Crippen LogP contribution is -2.78. The van der Waals surface area contributed by atoms with Crippen molar-refractivity contribution in [3.8, 4) is 0 Å². The van der Waals surface area contributed by atoms with Crippen molar-refractivity contribution in [2.45, 2.75) is 132 Å². The smallest absolute Gasteiger partial charge is 0.333 e. The third kappa shape index (κ3) is 5.80. The fraction of sp³-hybridized carbons (Fsp3) is 0.700. The van der Waals surface area contributed by atoms with Gasteiger partial charge in [-0.25, -0.2) is 4.79 Å². The molecule has 9 unspecified atom stereocenters. The summed E-state index contributed by atoms with van der Waals surface area (Å²) in [6, 6.07) is 2.14. The number of fused-ring (bicyclic) bond motifs is 2. The Morgan fingerprint density at radius 3 is 2.52 bits per heavy atom. The third-order valence-corrected chi connectivity index (χ3v) is 13.5. The zero-order valence-corrected chi connectivity index (χ0v) is 30.4. The molecule has 1 aromatic heterocycles. The molecule has 0 amide bonds. The third-order valence-electron chi connectivity index (χ3n) is 13.5. The summed E-state index contributed by atoms with van der Waals surface area (Å²) in [5.41, 5.74) is -2.23. The Balaban J connectivity index is 1.30. The fourth-order valence-electron chi connectivity index (χ4n) is 10.8. The van der Waals surface area contributed by atoms with Crippen LogP contribution in [0.5, 0.6) is 0 Å². The number of carbonyl (C=O) groups is 2. The molecule has 3 heterocycles. The summed E-state index contributed by atoms with van der Waals surface area (Å²) < 4.78 is 25.4. The van der Waals surface area contributed by atoms with Gasteiger partial charge in [-0.05, 0) is 68.4 Å². The minimum Gasteiger partial charge on any atom is -0.481 e. The quantitative estimate of drug-likeness (QED) is 0.137. The van der Waals surface area contributed by atoms with Crippen molar-refractivity contribution >= 4 is 23.3 Å². The average molecular weight is 726 g/mol. The molecule has 9 atom stereocenters. The van der Waals surface area contributed by atoms with Gasteiger partial charge in [0.25, 0.3) is 0 Å². The Labute approximate surface area is 304 Å². The Morgan fingerprint density at radius 2 is 1.88 bits per heavy atom. The molecular weight excluding hydrogens is 670 g/mol. The predicted octanol–water partition coefficient (Wildman–Crippen LogP) is 2.66. The molecule has 6 N–H and O–H groups in total. The van der Waals surface area contributed by atoms with Crippen molar-refractivity contribution < 1.29 is 54.1 Å². The van der Waals surface area contributed by atoms with E-state index in [0.717, 1.165) is 34.7 Å². The largest absolute Gasteiger partial charge is 0.481 e. The molecule has 2 aliphatic heterocycles. The van der Waals surface area contributed by atoms with Gasteiger partial charge in [-0.1, -0.05) is 44.8 Å². The summed E-state index contributed by atoms with van der Waals surface area (Å²) >= 11 is 0. The monoisotopic (exact) mass is 725 g/mol. The lowest BCUT2D eigenvalue weighted by molar-refractivity contribution is -0.378. The maximum Gasteiger partial charge on any atom is 0.333 e. The van der Waals surface area contributed by atoms with E-state index in [4.69, 9.17) is 18.9 Å². The van der Waals surface area contributed by atoms with Crippen molar-refractivity contribution in [1.29, 1.82) is 0 Å². The number of carboxylic acid groups (broad SMARTS) is 1. The topological polar surface area (TPSA) is 188 Å². The number of hydrogen-bond acceptors (Lipinski definition) is 10. The average Bonchev–Trinajstić information content (AvgIpc) is 3.93. The first-order valence-corrected chi connectivity index (χ1v) is 19.2. The molecule has 4 fully saturated rings. The molecule has 2 bridgehead atoms. The summed E-state index contributed by atoms with van der Waals surface area (Å²) in [4.78, 5) is 28.8. The zero-order chi connectivity index (χ0) is 37.0. The van der Waals surface area contributed by atoms with Crippen LogP contribution in [0, 0.1) is 23.2 Å². The molecule has 0 aromatic carbocycles. The van der Waals surface area contributed by atoms with Gasteiger partial charge in [0.1, 0.15) is 23.6 Å². The van der Waals surface area contributed by atoms with Gasteiger partial charge in [-0.15, -0.1) is 6.58 Å². The lowest BCUT2D eigenvalue weighted by Gasteiger charge is -2.61. The maximum absolute atomic E-state index is 13.1. The van der Waals surface area contributed by atoms with Gasteiger partial charge in [0, 0.05) is 46.8 Å². The van der Waals surface area contributed by atoms with Gasteiger partial charge in [0.2, 0.25) is 0 Å². The number of nitrogens with one attached hydrogen (secondary N) is 1. The predicted molar refractivity (Wildman–Crippen MR) is 189 cm³/mol. The number of esters is 1. The van der Waals surface area contributed by atoms with Crippen molar-refractivity contribution in [3.63, 3.8) is 0 Å². The highest BCUT2D eigenvalue weighted by atomic mass is 16.7. The first-order chi connectivity index (χ1) is 25.0. The number of carbonyl (C=O) groups excluding carboxylic acids is 1. The SMILES string of the molecule is C=CC1C(CC(=O)O)C(C(=O)OC)=CC2(CCCC2)C1OC1OC(CO)C23OC(CCCO)=c4[nH]c(C(C)C5CCCC5)cc4=C2CCC1(O)C3O. The Morgan fingerprint density at radius 1 is 1.15 bits per heavy atom. The molecule has 12 heteroatoms. The molecule has 12 nitrogen and oxygen atoms in total. The second-order valence-corrected chi connectivity index (χ2v) is 16.1. The normalized spacial score (nSPS) is 35.8. The van der Waals surface area contributed by atoms with Gasteiger partial charge >= 0.3 is 11.9 Å². The minimum atomic E-state index is -1.98. The van der Waals surface area contributed by atoms with Crippen LogP contribution in [0.25, 0.3) is 11.3 Å². The second-order valence-electron chi connectivity index (χ2n) is 16.1. The Bertz CT molecular complexity index is 1700. The summed E-state index contributed by atoms with van der Waals surface area (Å²) in [5, 5.41) is 57.5. The summed E-state index contributed by atoms with van der Waals surface area (Å²) in [6.45, 7) is 5.66. The van der Waals surface area contributed by atoms with Gasteiger partial charge in [0.05, 0.1) is 31.6 Å². The summed E-state index contributed by atoms with van der Waals surface area (Å²) in [6.07, 6.45) is 7.07. The molecule has 0 radical (unpaired) electrons. The van der Waals surface area contributed by atoms with E-state index < -0.39 is 71.6 Å². The van der Waals surface area contributed by atoms with Crippen molar-refractivity contribution in [2.24, 2.45) is 23.2 Å². The molecule has 2 spiro atoms. The van der Waals surface area contributed by atoms with E-state index in [1.165, 1.54) is 32.8 Å². The van der Waals surface area contributed by atoms with Crippen LogP contribution in [0.2, 0.25) is 0 Å². The van der Waals surface area contributed by atoms with E-state index in [-0.39, 0.29) is 30.9 Å². The molecular formula is C40H55NO11. The molecule has 286 valence electrons. The van der Waals surface area contributed by atoms with E-state index in [1.54, 1.807) is 6.08 Å². The standard InChI is InChI=1S/C40H55NO11/c1-4-24-25(19-32(44)45)27(35(46)49-3)20-38(14-7-8-15-38)34(24)51-37-39(48)16-13-28-26-18-29(22(2)23-10-5-6-11-23)41-33(26)30(12-9-17-42)52-40(28,36(39)47)31(21-43)50-37/h4,18,20,22-25,31,34,36-37,41-43,47-48H,1,5-17,19,21H2,2-3H3,(H,44,45). The van der Waals surface area contributed by atoms with Crippen molar-refractivity contribution in [3.05, 3.63) is 46.6 Å². The van der Waals surface area contributed by atoms with E-state index in [0.29, 0.717) is 43.8 Å². The molecule has 7 rings (SSSR count). The molecule has 3 saturated carbocycles. The fourth-order valence-corrected chi connectivity index (χ4v) is 10.8. The molecule has 6 aliphatic rings. The van der Waals surface area contributed by atoms with Crippen LogP contribution in [0.1, 0.15) is 102 Å². The van der Waals surface area contributed by atoms with Crippen molar-refractivity contribution in [1.82, 2.24) is 4.98 Å². The van der Waals surface area contributed by atoms with Crippen LogP contribution < -0.4 is 10.6 Å². The van der Waals surface area contributed by atoms with Crippen molar-refractivity contribution in [2.75, 3.05) is 20.3 Å². The van der Waals surface area contributed by atoms with Gasteiger partial charge in [-0.2, -0.15) is 0 Å². The maximum atomic E-state index is 13.1. The first-order valence-electron chi connectivity index (χ1n) is 19.2. The molecule has 1 saturated heterocycles. The number of aromatic nitrogens is 1. The lowest BCUT2D eigenvalue weighted by atomic mass is 9.62. The number of ether oxygens (including phenoxy) is 4. The first kappa shape index (κ1) is 37.3. The van der Waals surface area contributed by atoms with E-state index in [9.17, 15) is 35.1 Å². The number of aromatic amines is 1. The van der Waals surface area contributed by atoms with Gasteiger partial charge in [-0.3, -0.25) is 4.79 Å². The van der Waals surface area contributed by atoms with Crippen LogP contribution in [-0.2, 0) is 28.5 Å². The number of aliphatic hydroxyl groups excluding tert-OH is 3. The van der Waals surface area contributed by atoms with Crippen LogP contribution >= 0.6 is 0 Å². The summed E-state index contributed by atoms with van der Waals surface area (Å²) in [5.74, 6) is -1.82. The Hall–Kier alpha value is -3.00. The highest BCUT2D eigenvalue weighted by Gasteiger charge is 2.70. The van der Waals surface area contributed by atoms with Crippen LogP contribution in [-0.4, -0.2) is 98.6 Å². The Kier molecular flexibility index (Phi) is 10.3. The second kappa shape index (κ2) is 14.3. The van der Waals surface area contributed by atoms with E-state index >= 15 is 0 Å². The molecule has 4 aliphatic carbocycles. The number of carboxylic acids is 1. The van der Waals surface area contributed by atoms with E-state index in [2.05, 4.69) is 24.6 Å². The highest BCUT2D eigenvalue weighted by molar-refractivity contribution is 5.90. The molecule has 52 heavy (non-hydrogen) atoms. The minimum absolute atomic E-state index is 0.0667. The van der Waals surface area contributed by atoms with E-state index in [1.807, 2.05) is 6.08 Å². The van der Waals surface area contributed by atoms with Crippen LogP contribution in [0.15, 0.2) is 30.4 Å². The number of methoxy groups -OCH3 is 1. The number of rotatable bonds is 12. The number of aliphatic hydroxyl groups is 4. The van der Waals surface area contributed by atoms with Crippen LogP contribution in [0.3, 0.4) is 0 Å². The molecule has 1 aromatic rings. The zero-order valence-electron chi connectivity index (χ0n) is 30.4. The number of aliphatic carboxylic acids is 1. The summed E-state index contributed by atoms with van der Waals surface area (Å²) in [7, 11) is 1.27.